The monoisotopic (exact) mass is 287 g/mol. The van der Waals surface area contributed by atoms with Crippen molar-refractivity contribution in [3.05, 3.63) is 35.4 Å². The number of hydrogen-bond acceptors (Lipinski definition) is 3. The average Bonchev–Trinajstić information content (AvgIpc) is 2.38. The van der Waals surface area contributed by atoms with E-state index in [1.165, 1.54) is 5.56 Å². The molecular formula is C17H21NO3. The summed E-state index contributed by atoms with van der Waals surface area (Å²) in [4.78, 5) is 24.2. The minimum absolute atomic E-state index is 0.154. The van der Waals surface area contributed by atoms with E-state index in [4.69, 9.17) is 4.74 Å². The number of piperidine rings is 1. The number of rotatable bonds is 3. The van der Waals surface area contributed by atoms with Gasteiger partial charge in [0.2, 0.25) is 11.8 Å². The van der Waals surface area contributed by atoms with E-state index in [0.717, 1.165) is 18.4 Å². The molecule has 21 heavy (non-hydrogen) atoms. The van der Waals surface area contributed by atoms with Crippen molar-refractivity contribution in [1.29, 1.82) is 0 Å². The third-order valence-electron chi connectivity index (χ3n) is 4.73. The number of carbonyl (C=O) groups is 2. The normalized spacial score (nSPS) is 31.9. The summed E-state index contributed by atoms with van der Waals surface area (Å²) in [5, 5.41) is 2.49. The predicted octanol–water partition coefficient (Wildman–Crippen LogP) is 2.31. The third kappa shape index (κ3) is 2.48. The fraction of sp³-hybridized carbons (Fsp3) is 0.529. The fourth-order valence-corrected chi connectivity index (χ4v) is 3.80. The van der Waals surface area contributed by atoms with Gasteiger partial charge in [0.15, 0.2) is 0 Å². The number of amides is 2. The van der Waals surface area contributed by atoms with Crippen LogP contribution in [0.25, 0.3) is 0 Å². The topological polar surface area (TPSA) is 55.4 Å². The second-order valence-corrected chi connectivity index (χ2v) is 6.28. The minimum atomic E-state index is -0.255. The SMILES string of the molecule is CCOC1CC2(CC(=O)NC(=O)C2c2ccc(C)cc2)C1. The first-order valence-corrected chi connectivity index (χ1v) is 7.56. The average molecular weight is 287 g/mol. The summed E-state index contributed by atoms with van der Waals surface area (Å²) in [6.07, 6.45) is 2.18. The van der Waals surface area contributed by atoms with Crippen LogP contribution in [0.15, 0.2) is 24.3 Å². The van der Waals surface area contributed by atoms with E-state index in [2.05, 4.69) is 5.32 Å². The van der Waals surface area contributed by atoms with E-state index in [9.17, 15) is 9.59 Å². The summed E-state index contributed by atoms with van der Waals surface area (Å²) in [6, 6.07) is 8.05. The molecule has 0 radical (unpaired) electrons. The highest BCUT2D eigenvalue weighted by molar-refractivity contribution is 6.02. The molecular weight excluding hydrogens is 266 g/mol. The molecule has 1 spiro atoms. The first-order valence-electron chi connectivity index (χ1n) is 7.56. The zero-order valence-corrected chi connectivity index (χ0v) is 12.5. The summed E-state index contributed by atoms with van der Waals surface area (Å²) in [5.74, 6) is -0.559. The predicted molar refractivity (Wildman–Crippen MR) is 78.8 cm³/mol. The van der Waals surface area contributed by atoms with Crippen LogP contribution in [0, 0.1) is 12.3 Å². The van der Waals surface area contributed by atoms with E-state index >= 15 is 0 Å². The van der Waals surface area contributed by atoms with Crippen molar-refractivity contribution in [2.75, 3.05) is 6.61 Å². The quantitative estimate of drug-likeness (QED) is 0.868. The minimum Gasteiger partial charge on any atom is -0.378 e. The highest BCUT2D eigenvalue weighted by Crippen LogP contribution is 2.56. The molecule has 112 valence electrons. The van der Waals surface area contributed by atoms with Crippen LogP contribution in [0.1, 0.15) is 43.2 Å². The molecule has 1 aliphatic heterocycles. The molecule has 1 aromatic rings. The standard InChI is InChI=1S/C17H21NO3/c1-3-21-13-8-17(9-13)10-14(19)18-16(20)15(17)12-6-4-11(2)5-7-12/h4-7,13,15H,3,8-10H2,1-2H3,(H,18,19,20). The van der Waals surface area contributed by atoms with E-state index in [0.29, 0.717) is 13.0 Å². The molecule has 1 atom stereocenters. The van der Waals surface area contributed by atoms with Gasteiger partial charge in [-0.15, -0.1) is 0 Å². The van der Waals surface area contributed by atoms with E-state index < -0.39 is 0 Å². The Kier molecular flexibility index (Phi) is 3.57. The van der Waals surface area contributed by atoms with Gasteiger partial charge in [-0.2, -0.15) is 0 Å². The summed E-state index contributed by atoms with van der Waals surface area (Å²) in [5.41, 5.74) is 1.91. The number of ether oxygens (including phenoxy) is 1. The van der Waals surface area contributed by atoms with Gasteiger partial charge in [-0.25, -0.2) is 0 Å². The Balaban J connectivity index is 1.89. The molecule has 1 aliphatic carbocycles. The lowest BCUT2D eigenvalue weighted by Crippen LogP contribution is -2.57. The molecule has 0 aromatic heterocycles. The van der Waals surface area contributed by atoms with Gasteiger partial charge >= 0.3 is 0 Å². The molecule has 1 N–H and O–H groups in total. The first-order chi connectivity index (χ1) is 10.0. The van der Waals surface area contributed by atoms with Crippen LogP contribution in [0.4, 0.5) is 0 Å². The van der Waals surface area contributed by atoms with Crippen molar-refractivity contribution in [3.63, 3.8) is 0 Å². The number of carbonyl (C=O) groups excluding carboxylic acids is 2. The van der Waals surface area contributed by atoms with Gasteiger partial charge in [0.1, 0.15) is 0 Å². The Hall–Kier alpha value is -1.68. The summed E-state index contributed by atoms with van der Waals surface area (Å²) in [7, 11) is 0. The molecule has 1 saturated carbocycles. The lowest BCUT2D eigenvalue weighted by atomic mass is 9.54. The van der Waals surface area contributed by atoms with Gasteiger partial charge in [-0.3, -0.25) is 14.9 Å². The Bertz CT molecular complexity index is 558. The zero-order valence-electron chi connectivity index (χ0n) is 12.5. The Morgan fingerprint density at radius 2 is 1.90 bits per heavy atom. The maximum Gasteiger partial charge on any atom is 0.234 e. The van der Waals surface area contributed by atoms with E-state index in [1.807, 2.05) is 38.1 Å². The van der Waals surface area contributed by atoms with E-state index in [-0.39, 0.29) is 29.3 Å². The highest BCUT2D eigenvalue weighted by atomic mass is 16.5. The Labute approximate surface area is 124 Å². The molecule has 1 heterocycles. The van der Waals surface area contributed by atoms with Gasteiger partial charge in [0, 0.05) is 13.0 Å². The molecule has 3 rings (SSSR count). The zero-order chi connectivity index (χ0) is 15.0. The first kappa shape index (κ1) is 14.3. The summed E-state index contributed by atoms with van der Waals surface area (Å²) >= 11 is 0. The lowest BCUT2D eigenvalue weighted by molar-refractivity contribution is -0.153. The largest absolute Gasteiger partial charge is 0.378 e. The Morgan fingerprint density at radius 1 is 1.24 bits per heavy atom. The van der Waals surface area contributed by atoms with Gasteiger partial charge in [-0.1, -0.05) is 29.8 Å². The van der Waals surface area contributed by atoms with Gasteiger partial charge in [0.05, 0.1) is 12.0 Å². The van der Waals surface area contributed by atoms with Crippen LogP contribution >= 0.6 is 0 Å². The van der Waals surface area contributed by atoms with Crippen LogP contribution in [-0.4, -0.2) is 24.5 Å². The lowest BCUT2D eigenvalue weighted by Gasteiger charge is -2.53. The molecule has 4 heteroatoms. The highest BCUT2D eigenvalue weighted by Gasteiger charge is 2.56. The van der Waals surface area contributed by atoms with E-state index in [1.54, 1.807) is 0 Å². The number of benzene rings is 1. The van der Waals surface area contributed by atoms with Crippen molar-refractivity contribution in [2.24, 2.45) is 5.41 Å². The molecule has 0 bridgehead atoms. The van der Waals surface area contributed by atoms with Crippen LogP contribution in [-0.2, 0) is 14.3 Å². The van der Waals surface area contributed by atoms with Crippen LogP contribution < -0.4 is 5.32 Å². The van der Waals surface area contributed by atoms with Crippen molar-refractivity contribution in [1.82, 2.24) is 5.32 Å². The molecule has 2 fully saturated rings. The number of nitrogens with one attached hydrogen (secondary N) is 1. The van der Waals surface area contributed by atoms with Crippen LogP contribution in [0.2, 0.25) is 0 Å². The number of imide groups is 1. The molecule has 1 saturated heterocycles. The fourth-order valence-electron chi connectivity index (χ4n) is 3.80. The van der Waals surface area contributed by atoms with Crippen LogP contribution in [0.5, 0.6) is 0 Å². The van der Waals surface area contributed by atoms with Gasteiger partial charge < -0.3 is 4.74 Å². The van der Waals surface area contributed by atoms with Crippen molar-refractivity contribution >= 4 is 11.8 Å². The van der Waals surface area contributed by atoms with Gasteiger partial charge in [0.25, 0.3) is 0 Å². The molecule has 2 amide bonds. The van der Waals surface area contributed by atoms with Crippen molar-refractivity contribution in [2.45, 2.75) is 45.1 Å². The van der Waals surface area contributed by atoms with Crippen LogP contribution in [0.3, 0.4) is 0 Å². The smallest absolute Gasteiger partial charge is 0.234 e. The third-order valence-corrected chi connectivity index (χ3v) is 4.73. The maximum absolute atomic E-state index is 12.4. The number of hydrogen-bond donors (Lipinski definition) is 1. The Morgan fingerprint density at radius 3 is 2.52 bits per heavy atom. The molecule has 2 aliphatic rings. The second kappa shape index (κ2) is 5.26. The van der Waals surface area contributed by atoms with Crippen molar-refractivity contribution < 1.29 is 14.3 Å². The maximum atomic E-state index is 12.4. The second-order valence-electron chi connectivity index (χ2n) is 6.28. The summed E-state index contributed by atoms with van der Waals surface area (Å²) < 4.78 is 5.64. The molecule has 4 nitrogen and oxygen atoms in total. The molecule has 1 unspecified atom stereocenters. The number of aryl methyl sites for hydroxylation is 1. The summed E-state index contributed by atoms with van der Waals surface area (Å²) in [6.45, 7) is 4.68. The van der Waals surface area contributed by atoms with Crippen molar-refractivity contribution in [3.8, 4) is 0 Å². The van der Waals surface area contributed by atoms with Gasteiger partial charge in [-0.05, 0) is 37.7 Å². The molecule has 1 aromatic carbocycles.